The van der Waals surface area contributed by atoms with Crippen molar-refractivity contribution in [2.45, 2.75) is 51.3 Å². The van der Waals surface area contributed by atoms with E-state index in [2.05, 4.69) is 9.71 Å². The Morgan fingerprint density at radius 3 is 2.64 bits per heavy atom. The summed E-state index contributed by atoms with van der Waals surface area (Å²) in [6, 6.07) is 0. The first kappa shape index (κ1) is 19.8. The summed E-state index contributed by atoms with van der Waals surface area (Å²) >= 11 is 1.04. The Hall–Kier alpha value is -1.48. The Balaban J connectivity index is 2.06. The van der Waals surface area contributed by atoms with Crippen LogP contribution in [-0.2, 0) is 19.6 Å². The molecule has 2 amide bonds. The minimum atomic E-state index is -3.96. The van der Waals surface area contributed by atoms with Crippen molar-refractivity contribution >= 4 is 33.2 Å². The van der Waals surface area contributed by atoms with Crippen molar-refractivity contribution in [1.82, 2.24) is 14.6 Å². The maximum Gasteiger partial charge on any atom is 0.291 e. The van der Waals surface area contributed by atoms with Gasteiger partial charge in [0.05, 0.1) is 11.6 Å². The summed E-state index contributed by atoms with van der Waals surface area (Å²) in [7, 11) is -3.96. The first-order valence-electron chi connectivity index (χ1n) is 8.45. The molecular formula is C16H25N3O4S2. The Morgan fingerprint density at radius 2 is 2.08 bits per heavy atom. The predicted octanol–water partition coefficient (Wildman–Crippen LogP) is 1.85. The molecule has 0 bridgehead atoms. The van der Waals surface area contributed by atoms with E-state index in [1.807, 2.05) is 13.8 Å². The highest BCUT2D eigenvalue weighted by Crippen LogP contribution is 2.23. The third-order valence-electron chi connectivity index (χ3n) is 4.61. The molecule has 9 heteroatoms. The second-order valence-corrected chi connectivity index (χ2v) is 9.58. The number of nitrogens with zero attached hydrogens (tertiary/aromatic N) is 2. The predicted molar refractivity (Wildman–Crippen MR) is 95.7 cm³/mol. The molecule has 1 aromatic rings. The third kappa shape index (κ3) is 4.58. The molecule has 1 aliphatic rings. The number of likely N-dealkylation sites (tertiary alicyclic amines) is 1. The number of hydrogen-bond donors (Lipinski definition) is 1. The van der Waals surface area contributed by atoms with Crippen LogP contribution in [0.2, 0.25) is 0 Å². The van der Waals surface area contributed by atoms with Gasteiger partial charge >= 0.3 is 0 Å². The molecule has 0 spiro atoms. The van der Waals surface area contributed by atoms with Crippen LogP contribution in [0, 0.1) is 25.7 Å². The van der Waals surface area contributed by atoms with Crippen LogP contribution in [0.3, 0.4) is 0 Å². The molecule has 7 nitrogen and oxygen atoms in total. The zero-order valence-electron chi connectivity index (χ0n) is 15.0. The van der Waals surface area contributed by atoms with E-state index in [9.17, 15) is 18.0 Å². The van der Waals surface area contributed by atoms with Crippen molar-refractivity contribution < 1.29 is 18.0 Å². The van der Waals surface area contributed by atoms with Crippen LogP contribution in [0.4, 0.5) is 0 Å². The van der Waals surface area contributed by atoms with Gasteiger partial charge in [0.15, 0.2) is 0 Å². The molecule has 2 unspecified atom stereocenters. The third-order valence-corrected chi connectivity index (χ3v) is 7.41. The van der Waals surface area contributed by atoms with Crippen molar-refractivity contribution in [1.29, 1.82) is 0 Å². The lowest BCUT2D eigenvalue weighted by molar-refractivity contribution is -0.138. The second-order valence-electron chi connectivity index (χ2n) is 6.52. The van der Waals surface area contributed by atoms with Gasteiger partial charge < -0.3 is 4.90 Å². The van der Waals surface area contributed by atoms with E-state index in [-0.39, 0.29) is 22.7 Å². The van der Waals surface area contributed by atoms with Crippen molar-refractivity contribution in [3.8, 4) is 0 Å². The van der Waals surface area contributed by atoms with Crippen LogP contribution < -0.4 is 4.72 Å². The van der Waals surface area contributed by atoms with Crippen LogP contribution in [0.5, 0.6) is 0 Å². The van der Waals surface area contributed by atoms with Crippen LogP contribution in [0.15, 0.2) is 4.34 Å². The number of piperidine rings is 1. The molecule has 1 aromatic heterocycles. The molecule has 0 radical (unpaired) electrons. The van der Waals surface area contributed by atoms with E-state index in [4.69, 9.17) is 0 Å². The number of carbonyl (C=O) groups is 2. The summed E-state index contributed by atoms with van der Waals surface area (Å²) in [4.78, 5) is 31.2. The molecular weight excluding hydrogens is 362 g/mol. The van der Waals surface area contributed by atoms with Crippen LogP contribution in [0.1, 0.15) is 43.7 Å². The molecule has 2 atom stereocenters. The van der Waals surface area contributed by atoms with Crippen LogP contribution in [0.25, 0.3) is 0 Å². The fraction of sp³-hybridized carbons (Fsp3) is 0.688. The lowest BCUT2D eigenvalue weighted by atomic mass is 9.96. The molecule has 1 fully saturated rings. The van der Waals surface area contributed by atoms with E-state index in [0.717, 1.165) is 22.6 Å². The minimum absolute atomic E-state index is 0.0223. The van der Waals surface area contributed by atoms with Gasteiger partial charge in [0, 0.05) is 23.9 Å². The number of hydrogen-bond acceptors (Lipinski definition) is 6. The van der Waals surface area contributed by atoms with Gasteiger partial charge in [-0.3, -0.25) is 9.59 Å². The van der Waals surface area contributed by atoms with Gasteiger partial charge in [-0.25, -0.2) is 9.71 Å². The summed E-state index contributed by atoms with van der Waals surface area (Å²) in [5.74, 6) is -1.15. The number of sulfonamides is 1. The average molecular weight is 388 g/mol. The minimum Gasteiger partial charge on any atom is -0.342 e. The number of carbonyl (C=O) groups excluding carboxylic acids is 2. The van der Waals surface area contributed by atoms with E-state index < -0.39 is 21.8 Å². The second kappa shape index (κ2) is 7.82. The van der Waals surface area contributed by atoms with Gasteiger partial charge in [0.25, 0.3) is 10.0 Å². The van der Waals surface area contributed by atoms with E-state index in [0.29, 0.717) is 25.1 Å². The quantitative estimate of drug-likeness (QED) is 0.832. The molecule has 0 aromatic carbocycles. The molecule has 1 saturated heterocycles. The van der Waals surface area contributed by atoms with Crippen molar-refractivity contribution in [2.24, 2.45) is 11.8 Å². The van der Waals surface area contributed by atoms with Gasteiger partial charge in [-0.15, -0.1) is 11.3 Å². The van der Waals surface area contributed by atoms with Crippen LogP contribution in [-0.4, -0.2) is 43.2 Å². The summed E-state index contributed by atoms with van der Waals surface area (Å²) in [6.07, 6.45) is 2.00. The maximum absolute atomic E-state index is 12.4. The largest absolute Gasteiger partial charge is 0.342 e. The summed E-state index contributed by atoms with van der Waals surface area (Å²) in [6.45, 7) is 8.20. The molecule has 2 rings (SSSR count). The number of nitrogens with one attached hydrogen (secondary N) is 1. The SMILES string of the molecule is CCC(C)C(=O)N1CCCC(C(=O)NS(=O)(=O)c2nc(C)c(C)s2)C1. The van der Waals surface area contributed by atoms with Gasteiger partial charge in [0.2, 0.25) is 16.2 Å². The Kier molecular flexibility index (Phi) is 6.21. The molecule has 140 valence electrons. The van der Waals surface area contributed by atoms with Gasteiger partial charge in [-0.05, 0) is 33.1 Å². The number of aryl methyl sites for hydroxylation is 2. The van der Waals surface area contributed by atoms with Gasteiger partial charge in [0.1, 0.15) is 0 Å². The summed E-state index contributed by atoms with van der Waals surface area (Å²) in [5.41, 5.74) is 0.640. The zero-order valence-corrected chi connectivity index (χ0v) is 16.7. The van der Waals surface area contributed by atoms with E-state index in [1.54, 1.807) is 18.7 Å². The molecule has 2 heterocycles. The highest BCUT2D eigenvalue weighted by Gasteiger charge is 2.32. The van der Waals surface area contributed by atoms with Gasteiger partial charge in [-0.2, -0.15) is 8.42 Å². The van der Waals surface area contributed by atoms with Crippen molar-refractivity contribution in [3.63, 3.8) is 0 Å². The zero-order chi connectivity index (χ0) is 18.8. The van der Waals surface area contributed by atoms with Crippen molar-refractivity contribution in [2.75, 3.05) is 13.1 Å². The molecule has 0 aliphatic carbocycles. The lowest BCUT2D eigenvalue weighted by Crippen LogP contribution is -2.47. The standard InChI is InChI=1S/C16H25N3O4S2/c1-5-10(2)15(21)19-8-6-7-13(9-19)14(20)18-25(22,23)16-17-11(3)12(4)24-16/h10,13H,5-9H2,1-4H3,(H,18,20). The van der Waals surface area contributed by atoms with Crippen molar-refractivity contribution in [3.05, 3.63) is 10.6 Å². The van der Waals surface area contributed by atoms with Crippen LogP contribution >= 0.6 is 11.3 Å². The normalized spacial score (nSPS) is 19.5. The number of rotatable bonds is 5. The molecule has 0 saturated carbocycles. The summed E-state index contributed by atoms with van der Waals surface area (Å²) in [5, 5.41) is 0. The lowest BCUT2D eigenvalue weighted by Gasteiger charge is -2.33. The number of aromatic nitrogens is 1. The fourth-order valence-electron chi connectivity index (χ4n) is 2.70. The first-order chi connectivity index (χ1) is 11.7. The smallest absolute Gasteiger partial charge is 0.291 e. The van der Waals surface area contributed by atoms with E-state index >= 15 is 0 Å². The van der Waals surface area contributed by atoms with E-state index in [1.165, 1.54) is 0 Å². The highest BCUT2D eigenvalue weighted by molar-refractivity contribution is 7.92. The highest BCUT2D eigenvalue weighted by atomic mass is 32.2. The Bertz CT molecular complexity index is 738. The fourth-order valence-corrected chi connectivity index (χ4v) is 5.05. The topological polar surface area (TPSA) is 96.4 Å². The molecule has 1 aliphatic heterocycles. The number of amides is 2. The molecule has 1 N–H and O–H groups in total. The Morgan fingerprint density at radius 1 is 1.40 bits per heavy atom. The monoisotopic (exact) mass is 387 g/mol. The average Bonchev–Trinajstić information content (AvgIpc) is 2.93. The molecule has 25 heavy (non-hydrogen) atoms. The Labute approximate surface area is 152 Å². The first-order valence-corrected chi connectivity index (χ1v) is 10.7. The number of thiazole rings is 1. The maximum atomic E-state index is 12.4. The van der Waals surface area contributed by atoms with Gasteiger partial charge in [-0.1, -0.05) is 13.8 Å². The summed E-state index contributed by atoms with van der Waals surface area (Å²) < 4.78 is 26.7.